The monoisotopic (exact) mass is 392 g/mol. The fourth-order valence-corrected chi connectivity index (χ4v) is 3.81. The van der Waals surface area contributed by atoms with Crippen LogP contribution in [0.3, 0.4) is 0 Å². The molecule has 0 fully saturated rings. The van der Waals surface area contributed by atoms with Gasteiger partial charge in [-0.25, -0.2) is 0 Å². The Kier molecular flexibility index (Phi) is 5.42. The zero-order chi connectivity index (χ0) is 18.0. The summed E-state index contributed by atoms with van der Waals surface area (Å²) in [6.07, 6.45) is 0. The molecular weight excluding hydrogens is 375 g/mol. The highest BCUT2D eigenvalue weighted by molar-refractivity contribution is 7.98. The van der Waals surface area contributed by atoms with E-state index in [1.54, 1.807) is 0 Å². The molecule has 0 aliphatic rings. The van der Waals surface area contributed by atoms with E-state index in [9.17, 15) is 0 Å². The molecule has 0 bridgehead atoms. The van der Waals surface area contributed by atoms with Gasteiger partial charge in [-0.15, -0.1) is 10.2 Å². The van der Waals surface area contributed by atoms with Crippen LogP contribution < -0.4 is 0 Å². The zero-order valence-electron chi connectivity index (χ0n) is 14.2. The van der Waals surface area contributed by atoms with E-state index < -0.39 is 0 Å². The molecule has 3 rings (SSSR count). The van der Waals surface area contributed by atoms with E-state index in [2.05, 4.69) is 43.1 Å². The first-order valence-corrected chi connectivity index (χ1v) is 9.59. The topological polar surface area (TPSA) is 38.9 Å². The Hall–Kier alpha value is -1.49. The lowest BCUT2D eigenvalue weighted by Gasteiger charge is -2.18. The third-order valence-corrected chi connectivity index (χ3v) is 5.36. The van der Waals surface area contributed by atoms with Crippen molar-refractivity contribution < 1.29 is 4.42 Å². The van der Waals surface area contributed by atoms with Crippen molar-refractivity contribution in [2.75, 3.05) is 0 Å². The van der Waals surface area contributed by atoms with E-state index in [0.29, 0.717) is 26.9 Å². The van der Waals surface area contributed by atoms with E-state index >= 15 is 0 Å². The van der Waals surface area contributed by atoms with Gasteiger partial charge in [-0.2, -0.15) is 0 Å². The number of benzene rings is 2. The van der Waals surface area contributed by atoms with Gasteiger partial charge in [-0.1, -0.05) is 73.9 Å². The lowest BCUT2D eigenvalue weighted by molar-refractivity contribution is 0.466. The maximum absolute atomic E-state index is 6.18. The Bertz CT molecular complexity index is 850. The molecule has 3 aromatic rings. The van der Waals surface area contributed by atoms with Crippen LogP contribution in [0.15, 0.2) is 52.1 Å². The zero-order valence-corrected chi connectivity index (χ0v) is 16.5. The summed E-state index contributed by atoms with van der Waals surface area (Å²) in [6.45, 7) is 6.55. The lowest BCUT2D eigenvalue weighted by atomic mass is 9.87. The standard InChI is InChI=1S/C19H18Cl2N2OS/c1-19(2,3)13-9-7-12(8-10-13)17-22-23-18(24-17)25-11-14-15(20)5-4-6-16(14)21/h4-10H,11H2,1-3H3. The minimum absolute atomic E-state index is 0.114. The first-order valence-electron chi connectivity index (χ1n) is 7.85. The molecule has 0 spiro atoms. The molecule has 1 heterocycles. The van der Waals surface area contributed by atoms with Crippen molar-refractivity contribution in [1.82, 2.24) is 10.2 Å². The molecule has 0 saturated heterocycles. The van der Waals surface area contributed by atoms with E-state index in [4.69, 9.17) is 27.6 Å². The third-order valence-electron chi connectivity index (χ3n) is 3.81. The minimum Gasteiger partial charge on any atom is -0.411 e. The van der Waals surface area contributed by atoms with Crippen LogP contribution >= 0.6 is 35.0 Å². The molecule has 1 aromatic heterocycles. The molecule has 0 atom stereocenters. The molecule has 0 radical (unpaired) electrons. The van der Waals surface area contributed by atoms with Gasteiger partial charge in [0.15, 0.2) is 0 Å². The fourth-order valence-electron chi connectivity index (χ4n) is 2.30. The molecule has 0 amide bonds. The summed E-state index contributed by atoms with van der Waals surface area (Å²) in [4.78, 5) is 0. The van der Waals surface area contributed by atoms with Crippen LogP contribution in [0.2, 0.25) is 10.0 Å². The fraction of sp³-hybridized carbons (Fsp3) is 0.263. The van der Waals surface area contributed by atoms with Crippen LogP contribution in [0.4, 0.5) is 0 Å². The van der Waals surface area contributed by atoms with Crippen molar-refractivity contribution in [1.29, 1.82) is 0 Å². The van der Waals surface area contributed by atoms with Gasteiger partial charge in [0.1, 0.15) is 0 Å². The van der Waals surface area contributed by atoms with Crippen molar-refractivity contribution in [2.24, 2.45) is 0 Å². The quantitative estimate of drug-likeness (QED) is 0.466. The summed E-state index contributed by atoms with van der Waals surface area (Å²) in [5.41, 5.74) is 3.15. The second kappa shape index (κ2) is 7.40. The summed E-state index contributed by atoms with van der Waals surface area (Å²) in [5.74, 6) is 1.08. The highest BCUT2D eigenvalue weighted by Crippen LogP contribution is 2.32. The average Bonchev–Trinajstić information content (AvgIpc) is 3.03. The number of hydrogen-bond acceptors (Lipinski definition) is 4. The average molecular weight is 393 g/mol. The van der Waals surface area contributed by atoms with Gasteiger partial charge in [-0.05, 0) is 40.8 Å². The third kappa shape index (κ3) is 4.38. The maximum atomic E-state index is 6.18. The number of thioether (sulfide) groups is 1. The lowest BCUT2D eigenvalue weighted by Crippen LogP contribution is -2.10. The second-order valence-electron chi connectivity index (χ2n) is 6.69. The molecular formula is C19H18Cl2N2OS. The Labute approximate surface area is 161 Å². The first kappa shape index (κ1) is 18.3. The first-order chi connectivity index (χ1) is 11.8. The Balaban J connectivity index is 1.72. The molecule has 3 nitrogen and oxygen atoms in total. The maximum Gasteiger partial charge on any atom is 0.277 e. The molecule has 0 aliphatic heterocycles. The number of aromatic nitrogens is 2. The van der Waals surface area contributed by atoms with Crippen molar-refractivity contribution in [2.45, 2.75) is 37.2 Å². The number of rotatable bonds is 4. The van der Waals surface area contributed by atoms with Gasteiger partial charge in [0.05, 0.1) is 0 Å². The molecule has 0 N–H and O–H groups in total. The van der Waals surface area contributed by atoms with Gasteiger partial charge < -0.3 is 4.42 Å². The number of halogens is 2. The molecule has 6 heteroatoms. The number of nitrogens with zero attached hydrogens (tertiary/aromatic N) is 2. The van der Waals surface area contributed by atoms with Crippen LogP contribution in [0.5, 0.6) is 0 Å². The summed E-state index contributed by atoms with van der Waals surface area (Å²) < 4.78 is 5.75. The van der Waals surface area contributed by atoms with Crippen LogP contribution in [0, 0.1) is 0 Å². The van der Waals surface area contributed by atoms with Gasteiger partial charge in [0, 0.05) is 21.4 Å². The Morgan fingerprint density at radius 1 is 0.960 bits per heavy atom. The minimum atomic E-state index is 0.114. The van der Waals surface area contributed by atoms with Gasteiger partial charge in [0.25, 0.3) is 5.22 Å². The van der Waals surface area contributed by atoms with Gasteiger partial charge in [-0.3, -0.25) is 0 Å². The van der Waals surface area contributed by atoms with Crippen LogP contribution in [0.1, 0.15) is 31.9 Å². The van der Waals surface area contributed by atoms with Crippen molar-refractivity contribution in [3.05, 3.63) is 63.6 Å². The SMILES string of the molecule is CC(C)(C)c1ccc(-c2nnc(SCc3c(Cl)cccc3Cl)o2)cc1. The van der Waals surface area contributed by atoms with E-state index in [-0.39, 0.29) is 5.41 Å². The molecule has 0 aliphatic carbocycles. The molecule has 25 heavy (non-hydrogen) atoms. The van der Waals surface area contributed by atoms with Crippen LogP contribution in [-0.2, 0) is 11.2 Å². The van der Waals surface area contributed by atoms with Crippen LogP contribution in [-0.4, -0.2) is 10.2 Å². The van der Waals surface area contributed by atoms with Crippen molar-refractivity contribution >= 4 is 35.0 Å². The van der Waals surface area contributed by atoms with Gasteiger partial charge >= 0.3 is 0 Å². The predicted molar refractivity (Wildman–Crippen MR) is 104 cm³/mol. The predicted octanol–water partition coefficient (Wildman–Crippen LogP) is 6.63. The van der Waals surface area contributed by atoms with E-state index in [1.807, 2.05) is 30.3 Å². The summed E-state index contributed by atoms with van der Waals surface area (Å²) in [5, 5.41) is 9.99. The Morgan fingerprint density at radius 3 is 2.20 bits per heavy atom. The summed E-state index contributed by atoms with van der Waals surface area (Å²) in [6, 6.07) is 13.7. The summed E-state index contributed by atoms with van der Waals surface area (Å²) >= 11 is 13.8. The smallest absolute Gasteiger partial charge is 0.277 e. The normalized spacial score (nSPS) is 11.7. The Morgan fingerprint density at radius 2 is 1.60 bits per heavy atom. The highest BCUT2D eigenvalue weighted by Gasteiger charge is 2.15. The van der Waals surface area contributed by atoms with E-state index in [1.165, 1.54) is 17.3 Å². The largest absolute Gasteiger partial charge is 0.411 e. The molecule has 0 unspecified atom stereocenters. The van der Waals surface area contributed by atoms with Crippen molar-refractivity contribution in [3.8, 4) is 11.5 Å². The van der Waals surface area contributed by atoms with Crippen LogP contribution in [0.25, 0.3) is 11.5 Å². The highest BCUT2D eigenvalue weighted by atomic mass is 35.5. The van der Waals surface area contributed by atoms with Gasteiger partial charge in [0.2, 0.25) is 5.89 Å². The molecule has 130 valence electrons. The van der Waals surface area contributed by atoms with Crippen molar-refractivity contribution in [3.63, 3.8) is 0 Å². The number of hydrogen-bond donors (Lipinski definition) is 0. The van der Waals surface area contributed by atoms with E-state index in [0.717, 1.165) is 11.1 Å². The molecule has 0 saturated carbocycles. The molecule has 2 aromatic carbocycles. The summed E-state index contributed by atoms with van der Waals surface area (Å²) in [7, 11) is 0. The second-order valence-corrected chi connectivity index (χ2v) is 8.43.